The van der Waals surface area contributed by atoms with Gasteiger partial charge in [0.25, 0.3) is 0 Å². The lowest BCUT2D eigenvalue weighted by atomic mass is 9.95. The molecule has 2 rings (SSSR count). The summed E-state index contributed by atoms with van der Waals surface area (Å²) in [6.07, 6.45) is 0.733. The van der Waals surface area contributed by atoms with E-state index in [9.17, 15) is 9.59 Å². The number of thioether (sulfide) groups is 1. The number of carbonyl (C=O) groups is 2. The van der Waals surface area contributed by atoms with Crippen LogP contribution < -0.4 is 0 Å². The van der Waals surface area contributed by atoms with E-state index >= 15 is 0 Å². The number of Topliss-reactive ketones (excluding diaryl/α,β-unsaturated/α-hetero) is 1. The van der Waals surface area contributed by atoms with Gasteiger partial charge >= 0.3 is 0 Å². The Bertz CT molecular complexity index is 399. The number of benzene rings is 1. The normalized spacial score (nSPS) is 25.9. The Kier molecular flexibility index (Phi) is 2.65. The standard InChI is InChI=1S/C12H12O2S/c1-12(10(13)7-11(14)15-12)8-9-5-3-2-4-6-9/h2-6H,7-8H2,1H3. The second-order valence-electron chi connectivity index (χ2n) is 3.97. The fourth-order valence-electron chi connectivity index (χ4n) is 1.78. The van der Waals surface area contributed by atoms with Gasteiger partial charge in [0.05, 0.1) is 11.2 Å². The van der Waals surface area contributed by atoms with Crippen LogP contribution in [-0.2, 0) is 16.0 Å². The Morgan fingerprint density at radius 3 is 2.47 bits per heavy atom. The van der Waals surface area contributed by atoms with E-state index in [1.54, 1.807) is 0 Å². The molecule has 0 amide bonds. The van der Waals surface area contributed by atoms with Gasteiger partial charge in [0.15, 0.2) is 10.9 Å². The quantitative estimate of drug-likeness (QED) is 0.717. The molecule has 0 bridgehead atoms. The fraction of sp³-hybridized carbons (Fsp3) is 0.333. The minimum atomic E-state index is -0.543. The minimum Gasteiger partial charge on any atom is -0.298 e. The number of carbonyl (C=O) groups excluding carboxylic acids is 2. The van der Waals surface area contributed by atoms with Gasteiger partial charge in [0, 0.05) is 0 Å². The molecule has 78 valence electrons. The van der Waals surface area contributed by atoms with Crippen LogP contribution in [0.5, 0.6) is 0 Å². The molecule has 0 aliphatic carbocycles. The van der Waals surface area contributed by atoms with Crippen molar-refractivity contribution in [1.82, 2.24) is 0 Å². The number of ketones is 1. The number of hydrogen-bond acceptors (Lipinski definition) is 3. The van der Waals surface area contributed by atoms with Crippen molar-refractivity contribution in [3.05, 3.63) is 35.9 Å². The van der Waals surface area contributed by atoms with Gasteiger partial charge in [-0.1, -0.05) is 42.1 Å². The average molecular weight is 220 g/mol. The Balaban J connectivity index is 2.18. The Morgan fingerprint density at radius 1 is 1.27 bits per heavy atom. The third-order valence-electron chi connectivity index (χ3n) is 2.62. The van der Waals surface area contributed by atoms with E-state index in [0.717, 1.165) is 5.56 Å². The van der Waals surface area contributed by atoms with Crippen LogP contribution in [0.1, 0.15) is 18.9 Å². The summed E-state index contributed by atoms with van der Waals surface area (Å²) in [5.41, 5.74) is 1.11. The van der Waals surface area contributed by atoms with Gasteiger partial charge in [-0.25, -0.2) is 0 Å². The summed E-state index contributed by atoms with van der Waals surface area (Å²) in [4.78, 5) is 22.9. The molecule has 1 aliphatic heterocycles. The number of hydrogen-bond donors (Lipinski definition) is 0. The molecule has 1 unspecified atom stereocenters. The van der Waals surface area contributed by atoms with E-state index in [1.165, 1.54) is 11.8 Å². The molecule has 1 aromatic rings. The molecule has 0 radical (unpaired) electrons. The predicted molar refractivity (Wildman–Crippen MR) is 60.8 cm³/mol. The summed E-state index contributed by atoms with van der Waals surface area (Å²) in [7, 11) is 0. The third-order valence-corrected chi connectivity index (χ3v) is 3.81. The van der Waals surface area contributed by atoms with Gasteiger partial charge in [-0.05, 0) is 18.9 Å². The second-order valence-corrected chi connectivity index (χ2v) is 5.53. The van der Waals surface area contributed by atoms with Gasteiger partial charge in [-0.2, -0.15) is 0 Å². The molecule has 1 aromatic carbocycles. The zero-order valence-electron chi connectivity index (χ0n) is 8.53. The van der Waals surface area contributed by atoms with Crippen LogP contribution in [0, 0.1) is 0 Å². The van der Waals surface area contributed by atoms with E-state index in [-0.39, 0.29) is 17.3 Å². The lowest BCUT2D eigenvalue weighted by Gasteiger charge is -2.19. The first-order chi connectivity index (χ1) is 7.10. The van der Waals surface area contributed by atoms with E-state index in [2.05, 4.69) is 0 Å². The molecule has 0 saturated carbocycles. The molecule has 1 heterocycles. The van der Waals surface area contributed by atoms with Gasteiger partial charge in [-0.15, -0.1) is 0 Å². The summed E-state index contributed by atoms with van der Waals surface area (Å²) in [6, 6.07) is 9.82. The van der Waals surface area contributed by atoms with Crippen molar-refractivity contribution < 1.29 is 9.59 Å². The molecule has 0 spiro atoms. The lowest BCUT2D eigenvalue weighted by Crippen LogP contribution is -2.29. The summed E-state index contributed by atoms with van der Waals surface area (Å²) in [5.74, 6) is 0.0568. The lowest BCUT2D eigenvalue weighted by molar-refractivity contribution is -0.123. The van der Waals surface area contributed by atoms with Crippen LogP contribution in [0.2, 0.25) is 0 Å². The second kappa shape index (κ2) is 3.81. The SMILES string of the molecule is CC1(Cc2ccccc2)SC(=O)CC1=O. The van der Waals surface area contributed by atoms with Gasteiger partial charge < -0.3 is 0 Å². The first kappa shape index (κ1) is 10.4. The summed E-state index contributed by atoms with van der Waals surface area (Å²) >= 11 is 1.18. The maximum absolute atomic E-state index is 11.7. The van der Waals surface area contributed by atoms with Gasteiger partial charge in [0.1, 0.15) is 0 Å². The maximum atomic E-state index is 11.7. The Morgan fingerprint density at radius 2 is 1.93 bits per heavy atom. The molecule has 0 N–H and O–H groups in total. The van der Waals surface area contributed by atoms with Crippen molar-refractivity contribution in [1.29, 1.82) is 0 Å². The van der Waals surface area contributed by atoms with E-state index in [1.807, 2.05) is 37.3 Å². The Hall–Kier alpha value is -1.09. The summed E-state index contributed by atoms with van der Waals surface area (Å²) in [5, 5.41) is -0.00145. The highest BCUT2D eigenvalue weighted by molar-refractivity contribution is 8.16. The van der Waals surface area contributed by atoms with Crippen molar-refractivity contribution in [2.75, 3.05) is 0 Å². The largest absolute Gasteiger partial charge is 0.298 e. The smallest absolute Gasteiger partial charge is 0.197 e. The molecule has 1 aliphatic rings. The van der Waals surface area contributed by atoms with Crippen LogP contribution in [-0.4, -0.2) is 15.6 Å². The molecule has 1 fully saturated rings. The highest BCUT2D eigenvalue weighted by Crippen LogP contribution is 2.38. The zero-order valence-corrected chi connectivity index (χ0v) is 9.34. The molecule has 15 heavy (non-hydrogen) atoms. The van der Waals surface area contributed by atoms with Gasteiger partial charge in [0.2, 0.25) is 0 Å². The average Bonchev–Trinajstić information content (AvgIpc) is 2.41. The first-order valence-corrected chi connectivity index (χ1v) is 5.71. The van der Waals surface area contributed by atoms with Crippen LogP contribution in [0.15, 0.2) is 30.3 Å². The van der Waals surface area contributed by atoms with Crippen molar-refractivity contribution in [3.8, 4) is 0 Å². The van der Waals surface area contributed by atoms with E-state index in [4.69, 9.17) is 0 Å². The van der Waals surface area contributed by atoms with Crippen molar-refractivity contribution >= 4 is 22.7 Å². The van der Waals surface area contributed by atoms with Crippen LogP contribution >= 0.6 is 11.8 Å². The molecule has 3 heteroatoms. The van der Waals surface area contributed by atoms with Crippen molar-refractivity contribution in [2.24, 2.45) is 0 Å². The van der Waals surface area contributed by atoms with Crippen LogP contribution in [0.25, 0.3) is 0 Å². The highest BCUT2D eigenvalue weighted by Gasteiger charge is 2.43. The molecule has 0 aromatic heterocycles. The van der Waals surface area contributed by atoms with Crippen molar-refractivity contribution in [3.63, 3.8) is 0 Å². The topological polar surface area (TPSA) is 34.1 Å². The van der Waals surface area contributed by atoms with E-state index < -0.39 is 4.75 Å². The van der Waals surface area contributed by atoms with E-state index in [0.29, 0.717) is 6.42 Å². The molecule has 2 nitrogen and oxygen atoms in total. The minimum absolute atomic E-state index is 0.00145. The fourth-order valence-corrected chi connectivity index (χ4v) is 2.91. The molecule has 1 atom stereocenters. The molecular formula is C12H12O2S. The highest BCUT2D eigenvalue weighted by atomic mass is 32.2. The van der Waals surface area contributed by atoms with Crippen molar-refractivity contribution in [2.45, 2.75) is 24.5 Å². The predicted octanol–water partition coefficient (Wildman–Crippen LogP) is 2.22. The monoisotopic (exact) mass is 220 g/mol. The molecular weight excluding hydrogens is 208 g/mol. The summed E-state index contributed by atoms with van der Waals surface area (Å²) < 4.78 is -0.543. The third kappa shape index (κ3) is 2.12. The molecule has 1 saturated heterocycles. The van der Waals surface area contributed by atoms with Gasteiger partial charge in [-0.3, -0.25) is 9.59 Å². The first-order valence-electron chi connectivity index (χ1n) is 4.89. The maximum Gasteiger partial charge on any atom is 0.197 e. The Labute approximate surface area is 93.1 Å². The van der Waals surface area contributed by atoms with Crippen LogP contribution in [0.3, 0.4) is 0 Å². The van der Waals surface area contributed by atoms with Crippen LogP contribution in [0.4, 0.5) is 0 Å². The zero-order chi connectivity index (χ0) is 10.9. The number of rotatable bonds is 2. The summed E-state index contributed by atoms with van der Waals surface area (Å²) in [6.45, 7) is 1.86.